The molecule has 1 aromatic heterocycles. The second-order valence-corrected chi connectivity index (χ2v) is 9.41. The first-order valence-corrected chi connectivity index (χ1v) is 10.0. The quantitative estimate of drug-likeness (QED) is 0.775. The van der Waals surface area contributed by atoms with Gasteiger partial charge in [0.05, 0.1) is 11.1 Å². The Hall–Kier alpha value is -1.75. The van der Waals surface area contributed by atoms with Gasteiger partial charge in [0.15, 0.2) is 0 Å². The van der Waals surface area contributed by atoms with Crippen molar-refractivity contribution in [2.45, 2.75) is 78.8 Å². The minimum atomic E-state index is -0.783. The maximum atomic E-state index is 13.2. The van der Waals surface area contributed by atoms with Gasteiger partial charge in [-0.1, -0.05) is 26.8 Å². The Balaban J connectivity index is 2.44. The van der Waals surface area contributed by atoms with Gasteiger partial charge in [-0.15, -0.1) is 0 Å². The third kappa shape index (κ3) is 4.57. The fourth-order valence-corrected chi connectivity index (χ4v) is 4.20. The van der Waals surface area contributed by atoms with E-state index in [1.807, 2.05) is 18.2 Å². The molecule has 150 valence electrons. The molecule has 2 atom stereocenters. The van der Waals surface area contributed by atoms with Crippen LogP contribution in [0.1, 0.15) is 67.0 Å². The molecule has 5 nitrogen and oxygen atoms in total. The Labute approximate surface area is 163 Å². The van der Waals surface area contributed by atoms with E-state index in [9.17, 15) is 9.59 Å². The fraction of sp³-hybridized carbons (Fsp3) is 0.682. The summed E-state index contributed by atoms with van der Waals surface area (Å²) >= 11 is 0. The highest BCUT2D eigenvalue weighted by Gasteiger charge is 2.52. The second kappa shape index (κ2) is 8.09. The number of hydrogen-bond donors (Lipinski definition) is 1. The first-order chi connectivity index (χ1) is 12.5. The lowest BCUT2D eigenvalue weighted by Crippen LogP contribution is -2.59. The lowest BCUT2D eigenvalue weighted by molar-refractivity contribution is -0.145. The minimum Gasteiger partial charge on any atom is -0.298 e. The van der Waals surface area contributed by atoms with E-state index in [2.05, 4.69) is 63.7 Å². The van der Waals surface area contributed by atoms with Gasteiger partial charge in [-0.2, -0.15) is 0 Å². The Morgan fingerprint density at radius 3 is 2.30 bits per heavy atom. The van der Waals surface area contributed by atoms with Gasteiger partial charge >= 0.3 is 0 Å². The summed E-state index contributed by atoms with van der Waals surface area (Å²) in [5.74, 6) is -0.605. The van der Waals surface area contributed by atoms with Crippen molar-refractivity contribution in [3.8, 4) is 0 Å². The average molecular weight is 374 g/mol. The van der Waals surface area contributed by atoms with Gasteiger partial charge in [0.25, 0.3) is 0 Å². The van der Waals surface area contributed by atoms with Crippen LogP contribution in [-0.4, -0.2) is 40.3 Å². The third-order valence-electron chi connectivity index (χ3n) is 5.86. The van der Waals surface area contributed by atoms with E-state index in [0.29, 0.717) is 24.9 Å². The Bertz CT molecular complexity index is 656. The lowest BCUT2D eigenvalue weighted by Gasteiger charge is -2.44. The molecule has 27 heavy (non-hydrogen) atoms. The number of pyridine rings is 1. The van der Waals surface area contributed by atoms with Crippen LogP contribution in [0.5, 0.6) is 0 Å². The average Bonchev–Trinajstić information content (AvgIpc) is 2.56. The fourth-order valence-electron chi connectivity index (χ4n) is 4.20. The molecule has 1 fully saturated rings. The predicted octanol–water partition coefficient (Wildman–Crippen LogP) is 3.54. The molecule has 0 aromatic carbocycles. The SMILES string of the molecule is CC(C)N(CCC1(c2ccccn2)CC(C(C)(C)C)C(=O)NC1=O)C(C)C. The van der Waals surface area contributed by atoms with Crippen LogP contribution in [0.15, 0.2) is 24.4 Å². The zero-order valence-electron chi connectivity index (χ0n) is 17.9. The number of nitrogens with one attached hydrogen (secondary N) is 1. The van der Waals surface area contributed by atoms with Crippen molar-refractivity contribution in [1.29, 1.82) is 0 Å². The predicted molar refractivity (Wildman–Crippen MR) is 108 cm³/mol. The van der Waals surface area contributed by atoms with Gasteiger partial charge in [0.1, 0.15) is 0 Å². The van der Waals surface area contributed by atoms with E-state index < -0.39 is 5.41 Å². The second-order valence-electron chi connectivity index (χ2n) is 9.41. The molecule has 2 amide bonds. The zero-order chi connectivity index (χ0) is 20.4. The molecule has 0 bridgehead atoms. The van der Waals surface area contributed by atoms with Gasteiger partial charge in [-0.3, -0.25) is 24.8 Å². The molecule has 2 unspecified atom stereocenters. The summed E-state index contributed by atoms with van der Waals surface area (Å²) in [6, 6.07) is 6.47. The highest BCUT2D eigenvalue weighted by atomic mass is 16.2. The number of imide groups is 1. The van der Waals surface area contributed by atoms with Crippen LogP contribution in [0.3, 0.4) is 0 Å². The molecule has 1 aliphatic heterocycles. The van der Waals surface area contributed by atoms with Gasteiger partial charge in [-0.05, 0) is 58.1 Å². The molecule has 2 rings (SSSR count). The van der Waals surface area contributed by atoms with Crippen molar-refractivity contribution in [2.24, 2.45) is 11.3 Å². The topological polar surface area (TPSA) is 62.3 Å². The molecule has 2 heterocycles. The summed E-state index contributed by atoms with van der Waals surface area (Å²) in [5.41, 5.74) is -0.243. The summed E-state index contributed by atoms with van der Waals surface area (Å²) in [6.45, 7) is 15.7. The van der Waals surface area contributed by atoms with Crippen molar-refractivity contribution in [2.75, 3.05) is 6.54 Å². The van der Waals surface area contributed by atoms with Crippen molar-refractivity contribution in [3.63, 3.8) is 0 Å². The van der Waals surface area contributed by atoms with E-state index in [0.717, 1.165) is 12.2 Å². The molecule has 1 aromatic rings. The maximum Gasteiger partial charge on any atom is 0.238 e. The number of aromatic nitrogens is 1. The van der Waals surface area contributed by atoms with E-state index in [1.54, 1.807) is 6.20 Å². The number of nitrogens with zero attached hydrogens (tertiary/aromatic N) is 2. The lowest BCUT2D eigenvalue weighted by atomic mass is 9.64. The summed E-state index contributed by atoms with van der Waals surface area (Å²) < 4.78 is 0. The number of amides is 2. The van der Waals surface area contributed by atoms with Crippen LogP contribution in [-0.2, 0) is 15.0 Å². The first kappa shape index (κ1) is 21.5. The summed E-state index contributed by atoms with van der Waals surface area (Å²) in [7, 11) is 0. The van der Waals surface area contributed by atoms with Crippen LogP contribution in [0.25, 0.3) is 0 Å². The number of carbonyl (C=O) groups is 2. The van der Waals surface area contributed by atoms with Crippen LogP contribution >= 0.6 is 0 Å². The molecular formula is C22H35N3O2. The zero-order valence-corrected chi connectivity index (χ0v) is 17.9. The molecule has 0 spiro atoms. The Morgan fingerprint density at radius 1 is 1.19 bits per heavy atom. The molecule has 0 radical (unpaired) electrons. The highest BCUT2D eigenvalue weighted by Crippen LogP contribution is 2.43. The molecule has 0 aliphatic carbocycles. The van der Waals surface area contributed by atoms with E-state index in [1.165, 1.54) is 0 Å². The van der Waals surface area contributed by atoms with Gasteiger partial charge < -0.3 is 0 Å². The number of carbonyl (C=O) groups excluding carboxylic acids is 2. The standard InChI is InChI=1S/C22H35N3O2/c1-15(2)25(16(3)4)13-11-22(18-10-8-9-12-23-18)14-17(21(5,6)7)19(26)24-20(22)27/h8-10,12,15-17H,11,13-14H2,1-7H3,(H,24,26,27). The number of hydrogen-bond acceptors (Lipinski definition) is 4. The van der Waals surface area contributed by atoms with Crippen molar-refractivity contribution >= 4 is 11.8 Å². The van der Waals surface area contributed by atoms with Crippen LogP contribution in [0.2, 0.25) is 0 Å². The highest BCUT2D eigenvalue weighted by molar-refractivity contribution is 6.04. The maximum absolute atomic E-state index is 13.2. The Kier molecular flexibility index (Phi) is 6.46. The van der Waals surface area contributed by atoms with Crippen molar-refractivity contribution in [1.82, 2.24) is 15.2 Å². The largest absolute Gasteiger partial charge is 0.298 e. The third-order valence-corrected chi connectivity index (χ3v) is 5.86. The number of rotatable bonds is 6. The molecule has 1 aliphatic rings. The summed E-state index contributed by atoms with van der Waals surface area (Å²) in [6.07, 6.45) is 2.88. The summed E-state index contributed by atoms with van der Waals surface area (Å²) in [5, 5.41) is 2.67. The first-order valence-electron chi connectivity index (χ1n) is 10.0. The summed E-state index contributed by atoms with van der Waals surface area (Å²) in [4.78, 5) is 32.7. The van der Waals surface area contributed by atoms with Crippen LogP contribution < -0.4 is 5.32 Å². The smallest absolute Gasteiger partial charge is 0.238 e. The molecule has 0 saturated carbocycles. The monoisotopic (exact) mass is 373 g/mol. The normalized spacial score (nSPS) is 24.0. The van der Waals surface area contributed by atoms with E-state index in [4.69, 9.17) is 0 Å². The van der Waals surface area contributed by atoms with Gasteiger partial charge in [0.2, 0.25) is 11.8 Å². The van der Waals surface area contributed by atoms with Crippen molar-refractivity contribution < 1.29 is 9.59 Å². The van der Waals surface area contributed by atoms with Gasteiger partial charge in [0, 0.05) is 30.7 Å². The van der Waals surface area contributed by atoms with Crippen LogP contribution in [0.4, 0.5) is 0 Å². The minimum absolute atomic E-state index is 0.163. The van der Waals surface area contributed by atoms with E-state index in [-0.39, 0.29) is 23.1 Å². The van der Waals surface area contributed by atoms with Gasteiger partial charge in [-0.25, -0.2) is 0 Å². The molecule has 5 heteroatoms. The molecule has 1 N–H and O–H groups in total. The van der Waals surface area contributed by atoms with E-state index >= 15 is 0 Å². The number of piperidine rings is 1. The van der Waals surface area contributed by atoms with Crippen LogP contribution in [0, 0.1) is 11.3 Å². The van der Waals surface area contributed by atoms with Crippen molar-refractivity contribution in [3.05, 3.63) is 30.1 Å². The molecular weight excluding hydrogens is 338 g/mol. The molecule has 1 saturated heterocycles. The Morgan fingerprint density at radius 2 is 1.81 bits per heavy atom.